The first-order valence-electron chi connectivity index (χ1n) is 9.42. The largest absolute Gasteiger partial charge is 0.487 e. The van der Waals surface area contributed by atoms with Crippen LogP contribution in [0.1, 0.15) is 69.9 Å². The fourth-order valence-corrected chi connectivity index (χ4v) is 5.52. The SMILES string of the molecule is CC1(C)Cc2cc(Cl)cc(COC34CCC(CCC=O)(CC3)C4)c2O1. The van der Waals surface area contributed by atoms with Crippen LogP contribution in [0.2, 0.25) is 5.02 Å². The first kappa shape index (κ1) is 17.4. The van der Waals surface area contributed by atoms with Gasteiger partial charge in [0, 0.05) is 23.4 Å². The normalized spacial score (nSPS) is 31.8. The van der Waals surface area contributed by atoms with Crippen LogP contribution in [0.25, 0.3) is 0 Å². The van der Waals surface area contributed by atoms with E-state index in [4.69, 9.17) is 21.1 Å². The number of ether oxygens (including phenoxy) is 2. The summed E-state index contributed by atoms with van der Waals surface area (Å²) in [5.41, 5.74) is 2.42. The van der Waals surface area contributed by atoms with Crippen LogP contribution >= 0.6 is 11.6 Å². The van der Waals surface area contributed by atoms with E-state index < -0.39 is 0 Å². The van der Waals surface area contributed by atoms with E-state index in [2.05, 4.69) is 13.8 Å². The fraction of sp³-hybridized carbons (Fsp3) is 0.667. The molecule has 1 aromatic rings. The Hall–Kier alpha value is -1.06. The van der Waals surface area contributed by atoms with E-state index in [1.807, 2.05) is 12.1 Å². The van der Waals surface area contributed by atoms with E-state index >= 15 is 0 Å². The highest BCUT2D eigenvalue weighted by Gasteiger charge is 2.54. The molecule has 25 heavy (non-hydrogen) atoms. The summed E-state index contributed by atoms with van der Waals surface area (Å²) in [5, 5.41) is 0.759. The summed E-state index contributed by atoms with van der Waals surface area (Å²) in [6, 6.07) is 4.00. The topological polar surface area (TPSA) is 35.5 Å². The predicted octanol–water partition coefficient (Wildman–Crippen LogP) is 5.25. The van der Waals surface area contributed by atoms with Crippen molar-refractivity contribution in [3.63, 3.8) is 0 Å². The second kappa shape index (κ2) is 5.99. The van der Waals surface area contributed by atoms with Gasteiger partial charge in [0.05, 0.1) is 12.2 Å². The van der Waals surface area contributed by atoms with Crippen molar-refractivity contribution in [3.8, 4) is 5.75 Å². The van der Waals surface area contributed by atoms with Gasteiger partial charge in [-0.05, 0) is 75.5 Å². The number of fused-ring (bicyclic) bond motifs is 3. The molecule has 0 amide bonds. The molecule has 2 aliphatic carbocycles. The molecule has 0 spiro atoms. The Morgan fingerprint density at radius 3 is 2.72 bits per heavy atom. The highest BCUT2D eigenvalue weighted by Crippen LogP contribution is 2.60. The summed E-state index contributed by atoms with van der Waals surface area (Å²) >= 11 is 6.33. The molecule has 0 unspecified atom stereocenters. The van der Waals surface area contributed by atoms with Crippen molar-refractivity contribution < 1.29 is 14.3 Å². The van der Waals surface area contributed by atoms with Crippen molar-refractivity contribution in [2.24, 2.45) is 5.41 Å². The number of carbonyl (C=O) groups is 1. The smallest absolute Gasteiger partial charge is 0.129 e. The van der Waals surface area contributed by atoms with Crippen molar-refractivity contribution in [1.29, 1.82) is 0 Å². The maximum atomic E-state index is 10.8. The molecule has 1 aliphatic heterocycles. The summed E-state index contributed by atoms with van der Waals surface area (Å²) < 4.78 is 12.7. The Kier molecular flexibility index (Phi) is 4.16. The molecule has 136 valence electrons. The number of carbonyl (C=O) groups excluding carboxylic acids is 1. The third kappa shape index (κ3) is 3.21. The lowest BCUT2D eigenvalue weighted by atomic mass is 9.80. The average Bonchev–Trinajstić information content (AvgIpc) is 3.19. The molecule has 1 aromatic carbocycles. The van der Waals surface area contributed by atoms with Crippen LogP contribution in [0.4, 0.5) is 0 Å². The molecule has 2 saturated carbocycles. The molecular weight excluding hydrogens is 336 g/mol. The number of benzene rings is 1. The minimum Gasteiger partial charge on any atom is -0.487 e. The maximum Gasteiger partial charge on any atom is 0.129 e. The highest BCUT2D eigenvalue weighted by atomic mass is 35.5. The minimum atomic E-state index is -0.176. The Balaban J connectivity index is 1.48. The minimum absolute atomic E-state index is 0.00773. The van der Waals surface area contributed by atoms with Crippen LogP contribution in [0.15, 0.2) is 12.1 Å². The highest BCUT2D eigenvalue weighted by molar-refractivity contribution is 6.30. The number of aldehydes is 1. The zero-order valence-electron chi connectivity index (χ0n) is 15.2. The Bertz CT molecular complexity index is 687. The number of hydrogen-bond acceptors (Lipinski definition) is 3. The third-order valence-corrected chi connectivity index (χ3v) is 6.67. The van der Waals surface area contributed by atoms with Gasteiger partial charge in [-0.15, -0.1) is 0 Å². The van der Waals surface area contributed by atoms with Gasteiger partial charge in [0.1, 0.15) is 17.6 Å². The van der Waals surface area contributed by atoms with Gasteiger partial charge in [0.25, 0.3) is 0 Å². The lowest BCUT2D eigenvalue weighted by molar-refractivity contribution is -0.108. The van der Waals surface area contributed by atoms with Crippen LogP contribution in [0, 0.1) is 5.41 Å². The van der Waals surface area contributed by atoms with Gasteiger partial charge in [-0.3, -0.25) is 0 Å². The second-order valence-electron chi connectivity index (χ2n) is 8.95. The number of halogens is 1. The van der Waals surface area contributed by atoms with Crippen LogP contribution in [0.5, 0.6) is 5.75 Å². The first-order valence-corrected chi connectivity index (χ1v) is 9.80. The molecule has 0 aromatic heterocycles. The van der Waals surface area contributed by atoms with Gasteiger partial charge in [0.2, 0.25) is 0 Å². The van der Waals surface area contributed by atoms with Crippen LogP contribution in [-0.4, -0.2) is 17.5 Å². The second-order valence-corrected chi connectivity index (χ2v) is 9.38. The van der Waals surface area contributed by atoms with Gasteiger partial charge in [-0.2, -0.15) is 0 Å². The van der Waals surface area contributed by atoms with Crippen LogP contribution < -0.4 is 4.74 Å². The molecule has 4 rings (SSSR count). The summed E-state index contributed by atoms with van der Waals surface area (Å²) in [7, 11) is 0. The molecule has 0 saturated heterocycles. The zero-order valence-corrected chi connectivity index (χ0v) is 16.0. The van der Waals surface area contributed by atoms with Crippen LogP contribution in [-0.2, 0) is 22.6 Å². The molecule has 0 radical (unpaired) electrons. The van der Waals surface area contributed by atoms with E-state index in [1.54, 1.807) is 0 Å². The van der Waals surface area contributed by atoms with Gasteiger partial charge in [0.15, 0.2) is 0 Å². The van der Waals surface area contributed by atoms with Crippen molar-refractivity contribution in [2.75, 3.05) is 0 Å². The average molecular weight is 363 g/mol. The summed E-state index contributed by atoms with van der Waals surface area (Å²) in [6.45, 7) is 4.78. The maximum absolute atomic E-state index is 10.8. The number of hydrogen-bond donors (Lipinski definition) is 0. The quantitative estimate of drug-likeness (QED) is 0.648. The summed E-state index contributed by atoms with van der Waals surface area (Å²) in [6.07, 6.45) is 9.35. The molecule has 3 aliphatic rings. The van der Waals surface area contributed by atoms with Gasteiger partial charge >= 0.3 is 0 Å². The van der Waals surface area contributed by atoms with Gasteiger partial charge in [-0.25, -0.2) is 0 Å². The Labute approximate surface area is 155 Å². The van der Waals surface area contributed by atoms with Crippen LogP contribution in [0.3, 0.4) is 0 Å². The van der Waals surface area contributed by atoms with Crippen molar-refractivity contribution in [1.82, 2.24) is 0 Å². The molecule has 2 bridgehead atoms. The molecule has 1 heterocycles. The van der Waals surface area contributed by atoms with E-state index in [1.165, 1.54) is 18.4 Å². The summed E-state index contributed by atoms with van der Waals surface area (Å²) in [4.78, 5) is 10.8. The molecule has 2 fully saturated rings. The van der Waals surface area contributed by atoms with Gasteiger partial charge < -0.3 is 14.3 Å². The fourth-order valence-electron chi connectivity index (χ4n) is 5.26. The summed E-state index contributed by atoms with van der Waals surface area (Å²) in [5.74, 6) is 0.967. The van der Waals surface area contributed by atoms with Crippen molar-refractivity contribution >= 4 is 17.9 Å². The third-order valence-electron chi connectivity index (χ3n) is 6.45. The van der Waals surface area contributed by atoms with E-state index in [-0.39, 0.29) is 11.2 Å². The Morgan fingerprint density at radius 2 is 2.00 bits per heavy atom. The molecular formula is C21H27ClO3. The van der Waals surface area contributed by atoms with E-state index in [0.29, 0.717) is 18.4 Å². The standard InChI is InChI=1S/C21H27ClO3/c1-19(2)12-15-10-17(22)11-16(18(15)25-19)13-24-21-7-5-20(14-21,6-8-21)4-3-9-23/h9-11H,3-8,12-14H2,1-2H3. The predicted molar refractivity (Wildman–Crippen MR) is 98.2 cm³/mol. The lowest BCUT2D eigenvalue weighted by Gasteiger charge is -2.28. The molecule has 0 N–H and O–H groups in total. The van der Waals surface area contributed by atoms with Crippen molar-refractivity contribution in [2.45, 2.75) is 83.0 Å². The molecule has 0 atom stereocenters. The van der Waals surface area contributed by atoms with Gasteiger partial charge in [-0.1, -0.05) is 11.6 Å². The molecule has 3 nitrogen and oxygen atoms in total. The molecule has 4 heteroatoms. The van der Waals surface area contributed by atoms with Crippen molar-refractivity contribution in [3.05, 3.63) is 28.3 Å². The van der Waals surface area contributed by atoms with E-state index in [9.17, 15) is 4.79 Å². The first-order chi connectivity index (χ1) is 11.8. The number of rotatable bonds is 6. The van der Waals surface area contributed by atoms with E-state index in [0.717, 1.165) is 54.7 Å². The zero-order chi connectivity index (χ0) is 17.7. The Morgan fingerprint density at radius 1 is 1.24 bits per heavy atom. The monoisotopic (exact) mass is 362 g/mol. The lowest BCUT2D eigenvalue weighted by Crippen LogP contribution is -2.27.